The number of rotatable bonds is 10. The summed E-state index contributed by atoms with van der Waals surface area (Å²) in [6.45, 7) is 5.42. The predicted octanol–water partition coefficient (Wildman–Crippen LogP) is 4.75. The highest BCUT2D eigenvalue weighted by molar-refractivity contribution is 5.98. The number of fused-ring (bicyclic) bond motifs is 1. The molecule has 7 heteroatoms. The van der Waals surface area contributed by atoms with Crippen LogP contribution in [0.15, 0.2) is 66.7 Å². The minimum atomic E-state index is -0.730. The first kappa shape index (κ1) is 26.1. The van der Waals surface area contributed by atoms with Gasteiger partial charge in [-0.05, 0) is 68.0 Å². The SMILES string of the molecule is CCOC(=O)[C@@H](CO)CC(Cc1ccc(-c2ccccc2)cc1)NC(=O)c1cc(C)c2[nH]c(C)nc2c1. The van der Waals surface area contributed by atoms with Crippen LogP contribution in [-0.4, -0.2) is 46.2 Å². The Labute approximate surface area is 216 Å². The second-order valence-electron chi connectivity index (χ2n) is 9.31. The van der Waals surface area contributed by atoms with Gasteiger partial charge in [0.1, 0.15) is 5.82 Å². The van der Waals surface area contributed by atoms with Crippen molar-refractivity contribution in [1.29, 1.82) is 0 Å². The van der Waals surface area contributed by atoms with Gasteiger partial charge in [0.05, 0.1) is 30.2 Å². The van der Waals surface area contributed by atoms with E-state index in [9.17, 15) is 14.7 Å². The smallest absolute Gasteiger partial charge is 0.311 e. The summed E-state index contributed by atoms with van der Waals surface area (Å²) >= 11 is 0. The average molecular weight is 500 g/mol. The molecule has 0 aliphatic heterocycles. The first-order valence-electron chi connectivity index (χ1n) is 12.6. The lowest BCUT2D eigenvalue weighted by atomic mass is 9.94. The largest absolute Gasteiger partial charge is 0.466 e. The van der Waals surface area contributed by atoms with Crippen molar-refractivity contribution in [3.8, 4) is 11.1 Å². The third-order valence-electron chi connectivity index (χ3n) is 6.46. The van der Waals surface area contributed by atoms with Gasteiger partial charge in [-0.25, -0.2) is 4.98 Å². The van der Waals surface area contributed by atoms with Gasteiger partial charge in [-0.3, -0.25) is 9.59 Å². The third-order valence-corrected chi connectivity index (χ3v) is 6.46. The van der Waals surface area contributed by atoms with Crippen LogP contribution in [0.25, 0.3) is 22.2 Å². The van der Waals surface area contributed by atoms with E-state index < -0.39 is 17.9 Å². The second-order valence-corrected chi connectivity index (χ2v) is 9.31. The molecule has 0 spiro atoms. The number of esters is 1. The van der Waals surface area contributed by atoms with Gasteiger partial charge >= 0.3 is 5.97 Å². The van der Waals surface area contributed by atoms with Crippen molar-refractivity contribution in [1.82, 2.24) is 15.3 Å². The van der Waals surface area contributed by atoms with Gasteiger partial charge in [0.2, 0.25) is 0 Å². The van der Waals surface area contributed by atoms with Crippen LogP contribution in [0.5, 0.6) is 0 Å². The maximum absolute atomic E-state index is 13.3. The molecule has 0 radical (unpaired) electrons. The highest BCUT2D eigenvalue weighted by Crippen LogP contribution is 2.22. The Hall–Kier alpha value is -3.97. The molecule has 1 amide bonds. The van der Waals surface area contributed by atoms with E-state index in [0.717, 1.165) is 39.1 Å². The van der Waals surface area contributed by atoms with Gasteiger partial charge in [-0.2, -0.15) is 0 Å². The van der Waals surface area contributed by atoms with Crippen LogP contribution in [-0.2, 0) is 16.0 Å². The molecule has 1 heterocycles. The Morgan fingerprint density at radius 1 is 1.03 bits per heavy atom. The van der Waals surface area contributed by atoms with Crippen LogP contribution in [0, 0.1) is 19.8 Å². The molecule has 0 saturated heterocycles. The van der Waals surface area contributed by atoms with E-state index in [1.165, 1.54) is 0 Å². The number of carbonyl (C=O) groups is 2. The Morgan fingerprint density at radius 2 is 1.73 bits per heavy atom. The number of hydrogen-bond donors (Lipinski definition) is 3. The maximum Gasteiger partial charge on any atom is 0.311 e. The fourth-order valence-corrected chi connectivity index (χ4v) is 4.60. The Kier molecular flexibility index (Phi) is 8.36. The fraction of sp³-hybridized carbons (Fsp3) is 0.300. The number of nitrogens with zero attached hydrogens (tertiary/aromatic N) is 1. The molecular formula is C30H33N3O4. The minimum absolute atomic E-state index is 0.232. The van der Waals surface area contributed by atoms with Crippen molar-refractivity contribution in [2.24, 2.45) is 5.92 Å². The van der Waals surface area contributed by atoms with Crippen LogP contribution in [0.4, 0.5) is 0 Å². The molecule has 1 unspecified atom stereocenters. The van der Waals surface area contributed by atoms with Gasteiger partial charge in [-0.1, -0.05) is 54.6 Å². The average Bonchev–Trinajstić information content (AvgIpc) is 3.29. The van der Waals surface area contributed by atoms with E-state index in [1.54, 1.807) is 13.0 Å². The van der Waals surface area contributed by atoms with Crippen molar-refractivity contribution in [3.63, 3.8) is 0 Å². The zero-order valence-corrected chi connectivity index (χ0v) is 21.5. The number of imidazole rings is 1. The summed E-state index contributed by atoms with van der Waals surface area (Å²) in [5.74, 6) is -0.662. The van der Waals surface area contributed by atoms with Crippen molar-refractivity contribution < 1.29 is 19.4 Å². The van der Waals surface area contributed by atoms with Crippen molar-refractivity contribution in [2.45, 2.75) is 39.7 Å². The van der Waals surface area contributed by atoms with Crippen molar-refractivity contribution in [3.05, 3.63) is 89.2 Å². The molecule has 0 aliphatic carbocycles. The summed E-state index contributed by atoms with van der Waals surface area (Å²) in [5.41, 5.74) is 6.31. The van der Waals surface area contributed by atoms with Gasteiger partial charge in [0.15, 0.2) is 0 Å². The molecule has 3 aromatic carbocycles. The number of aromatic amines is 1. The van der Waals surface area contributed by atoms with Crippen LogP contribution in [0.3, 0.4) is 0 Å². The number of ether oxygens (including phenoxy) is 1. The lowest BCUT2D eigenvalue weighted by Gasteiger charge is -2.23. The van der Waals surface area contributed by atoms with Gasteiger partial charge < -0.3 is 20.1 Å². The number of benzene rings is 3. The summed E-state index contributed by atoms with van der Waals surface area (Å²) in [4.78, 5) is 33.4. The zero-order valence-electron chi connectivity index (χ0n) is 21.5. The minimum Gasteiger partial charge on any atom is -0.466 e. The summed E-state index contributed by atoms with van der Waals surface area (Å²) in [6, 6.07) is 21.5. The van der Waals surface area contributed by atoms with Crippen LogP contribution in [0.2, 0.25) is 0 Å². The van der Waals surface area contributed by atoms with Crippen LogP contribution < -0.4 is 5.32 Å². The molecule has 4 rings (SSSR count). The second kappa shape index (κ2) is 11.8. The molecule has 0 fully saturated rings. The molecule has 0 aliphatic rings. The summed E-state index contributed by atoms with van der Waals surface area (Å²) in [6.07, 6.45) is 0.754. The number of aliphatic hydroxyl groups excluding tert-OH is 1. The standard InChI is InChI=1S/C30H33N3O4/c1-4-37-30(36)25(18-34)16-26(15-21-10-12-23(13-11-21)22-8-6-5-7-9-22)33-29(35)24-14-19(2)28-27(17-24)31-20(3)32-28/h5-14,17,25-26,34H,4,15-16,18H2,1-3H3,(H,31,32)(H,33,35)/t25-,26?/m1/s1. The first-order chi connectivity index (χ1) is 17.9. The molecule has 37 heavy (non-hydrogen) atoms. The number of aromatic nitrogens is 2. The third kappa shape index (κ3) is 6.43. The highest BCUT2D eigenvalue weighted by Gasteiger charge is 2.26. The van der Waals surface area contributed by atoms with E-state index in [2.05, 4.69) is 39.6 Å². The van der Waals surface area contributed by atoms with Crippen LogP contribution in [0.1, 0.15) is 40.7 Å². The van der Waals surface area contributed by atoms with E-state index in [-0.39, 0.29) is 25.5 Å². The molecule has 1 aromatic heterocycles. The van der Waals surface area contributed by atoms with Gasteiger partial charge in [0, 0.05) is 11.6 Å². The molecular weight excluding hydrogens is 466 g/mol. The van der Waals surface area contributed by atoms with Crippen LogP contribution >= 0.6 is 0 Å². The Balaban J connectivity index is 1.56. The van der Waals surface area contributed by atoms with E-state index >= 15 is 0 Å². The number of aryl methyl sites for hydroxylation is 2. The number of hydrogen-bond acceptors (Lipinski definition) is 5. The molecule has 192 valence electrons. The first-order valence-corrected chi connectivity index (χ1v) is 12.6. The normalized spacial score (nSPS) is 12.8. The molecule has 0 bridgehead atoms. The van der Waals surface area contributed by atoms with E-state index in [0.29, 0.717) is 12.0 Å². The van der Waals surface area contributed by atoms with Crippen molar-refractivity contribution >= 4 is 22.9 Å². The maximum atomic E-state index is 13.3. The number of amides is 1. The Bertz CT molecular complexity index is 1360. The molecule has 2 atom stereocenters. The lowest BCUT2D eigenvalue weighted by Crippen LogP contribution is -2.40. The highest BCUT2D eigenvalue weighted by atomic mass is 16.5. The van der Waals surface area contributed by atoms with Crippen molar-refractivity contribution in [2.75, 3.05) is 13.2 Å². The molecule has 4 aromatic rings. The topological polar surface area (TPSA) is 104 Å². The van der Waals surface area contributed by atoms with Gasteiger partial charge in [-0.15, -0.1) is 0 Å². The number of carbonyl (C=O) groups excluding carboxylic acids is 2. The zero-order chi connectivity index (χ0) is 26.4. The number of nitrogens with one attached hydrogen (secondary N) is 2. The Morgan fingerprint density at radius 3 is 2.41 bits per heavy atom. The summed E-state index contributed by atoms with van der Waals surface area (Å²) < 4.78 is 5.14. The number of H-pyrrole nitrogens is 1. The molecule has 3 N–H and O–H groups in total. The number of aliphatic hydroxyl groups is 1. The summed E-state index contributed by atoms with van der Waals surface area (Å²) in [7, 11) is 0. The molecule has 7 nitrogen and oxygen atoms in total. The predicted molar refractivity (Wildman–Crippen MR) is 144 cm³/mol. The van der Waals surface area contributed by atoms with E-state index in [4.69, 9.17) is 4.74 Å². The molecule has 0 saturated carbocycles. The lowest BCUT2D eigenvalue weighted by molar-refractivity contribution is -0.149. The monoisotopic (exact) mass is 499 g/mol. The van der Waals surface area contributed by atoms with E-state index in [1.807, 2.05) is 50.2 Å². The summed E-state index contributed by atoms with van der Waals surface area (Å²) in [5, 5.41) is 13.0. The fourth-order valence-electron chi connectivity index (χ4n) is 4.60. The quantitative estimate of drug-likeness (QED) is 0.273. The van der Waals surface area contributed by atoms with Gasteiger partial charge in [0.25, 0.3) is 5.91 Å².